The van der Waals surface area contributed by atoms with Crippen molar-refractivity contribution in [3.63, 3.8) is 0 Å². The number of carbonyl (C=O) groups excluding carboxylic acids is 1. The minimum Gasteiger partial charge on any atom is -0.331 e. The summed E-state index contributed by atoms with van der Waals surface area (Å²) in [4.78, 5) is 16.0. The summed E-state index contributed by atoms with van der Waals surface area (Å²) in [6.45, 7) is 0. The molecule has 0 saturated heterocycles. The number of aromatic nitrogens is 2. The van der Waals surface area contributed by atoms with Crippen LogP contribution in [0, 0.1) is 0 Å². The van der Waals surface area contributed by atoms with Crippen LogP contribution in [0.15, 0.2) is 30.6 Å². The Hall–Kier alpha value is -1.32. The standard InChI is InChI=1S/C11H8Cl2N2O/c1-15-5-4-14-11(15)10(16)7-2-3-8(12)9(13)6-7/h2-6H,1H3. The third kappa shape index (κ3) is 1.96. The second-order valence-corrected chi connectivity index (χ2v) is 4.13. The van der Waals surface area contributed by atoms with E-state index in [1.807, 2.05) is 0 Å². The fourth-order valence-electron chi connectivity index (χ4n) is 1.35. The number of imidazole rings is 1. The van der Waals surface area contributed by atoms with E-state index in [0.717, 1.165) is 0 Å². The second-order valence-electron chi connectivity index (χ2n) is 3.32. The molecule has 0 amide bonds. The van der Waals surface area contributed by atoms with Crippen LogP contribution in [0.4, 0.5) is 0 Å². The summed E-state index contributed by atoms with van der Waals surface area (Å²) in [5.74, 6) is 0.199. The molecule has 1 heterocycles. The fraction of sp³-hybridized carbons (Fsp3) is 0.0909. The molecule has 2 rings (SSSR count). The summed E-state index contributed by atoms with van der Waals surface area (Å²) in [6, 6.07) is 4.77. The maximum Gasteiger partial charge on any atom is 0.228 e. The predicted molar refractivity (Wildman–Crippen MR) is 63.1 cm³/mol. The number of benzene rings is 1. The average molecular weight is 255 g/mol. The van der Waals surface area contributed by atoms with Gasteiger partial charge in [-0.25, -0.2) is 4.98 Å². The Bertz CT molecular complexity index is 549. The molecule has 16 heavy (non-hydrogen) atoms. The molecule has 1 aromatic heterocycles. The normalized spacial score (nSPS) is 10.4. The van der Waals surface area contributed by atoms with Gasteiger partial charge < -0.3 is 4.57 Å². The summed E-state index contributed by atoms with van der Waals surface area (Å²) < 4.78 is 1.66. The van der Waals surface area contributed by atoms with Gasteiger partial charge in [0.1, 0.15) is 0 Å². The van der Waals surface area contributed by atoms with Crippen molar-refractivity contribution in [2.24, 2.45) is 7.05 Å². The van der Waals surface area contributed by atoms with Crippen LogP contribution in [0.5, 0.6) is 0 Å². The van der Waals surface area contributed by atoms with E-state index < -0.39 is 0 Å². The van der Waals surface area contributed by atoms with E-state index in [1.54, 1.807) is 42.2 Å². The summed E-state index contributed by atoms with van der Waals surface area (Å²) >= 11 is 11.6. The van der Waals surface area contributed by atoms with Crippen molar-refractivity contribution in [2.75, 3.05) is 0 Å². The Morgan fingerprint density at radius 3 is 2.62 bits per heavy atom. The van der Waals surface area contributed by atoms with Crippen molar-refractivity contribution in [3.8, 4) is 0 Å². The largest absolute Gasteiger partial charge is 0.331 e. The van der Waals surface area contributed by atoms with Crippen LogP contribution < -0.4 is 0 Å². The van der Waals surface area contributed by atoms with E-state index in [-0.39, 0.29) is 5.78 Å². The third-order valence-electron chi connectivity index (χ3n) is 2.21. The molecule has 0 spiro atoms. The summed E-state index contributed by atoms with van der Waals surface area (Å²) in [6.07, 6.45) is 3.29. The summed E-state index contributed by atoms with van der Waals surface area (Å²) in [7, 11) is 1.76. The minimum absolute atomic E-state index is 0.175. The average Bonchev–Trinajstić information content (AvgIpc) is 2.67. The molecule has 3 nitrogen and oxygen atoms in total. The molecule has 0 saturated carbocycles. The number of nitrogens with zero attached hydrogens (tertiary/aromatic N) is 2. The number of rotatable bonds is 2. The van der Waals surface area contributed by atoms with E-state index in [2.05, 4.69) is 4.98 Å². The van der Waals surface area contributed by atoms with Gasteiger partial charge in [-0.2, -0.15) is 0 Å². The van der Waals surface area contributed by atoms with Gasteiger partial charge in [0.25, 0.3) is 0 Å². The molecule has 0 N–H and O–H groups in total. The Labute approximate surface area is 103 Å². The number of hydrogen-bond acceptors (Lipinski definition) is 2. The summed E-state index contributed by atoms with van der Waals surface area (Å²) in [5, 5.41) is 0.791. The lowest BCUT2D eigenvalue weighted by Crippen LogP contribution is -2.08. The van der Waals surface area contributed by atoms with Crippen molar-refractivity contribution in [2.45, 2.75) is 0 Å². The maximum atomic E-state index is 12.0. The van der Waals surface area contributed by atoms with Gasteiger partial charge in [0, 0.05) is 25.0 Å². The van der Waals surface area contributed by atoms with Gasteiger partial charge in [0.05, 0.1) is 10.0 Å². The molecule has 0 atom stereocenters. The van der Waals surface area contributed by atoms with Crippen LogP contribution in [0.1, 0.15) is 16.2 Å². The highest BCUT2D eigenvalue weighted by Crippen LogP contribution is 2.23. The zero-order chi connectivity index (χ0) is 11.7. The van der Waals surface area contributed by atoms with Crippen LogP contribution >= 0.6 is 23.2 Å². The summed E-state index contributed by atoms with van der Waals surface area (Å²) in [5.41, 5.74) is 0.476. The Morgan fingerprint density at radius 1 is 1.31 bits per heavy atom. The molecule has 0 radical (unpaired) electrons. The molecular weight excluding hydrogens is 247 g/mol. The zero-order valence-electron chi connectivity index (χ0n) is 8.45. The predicted octanol–water partition coefficient (Wildman–Crippen LogP) is 2.96. The van der Waals surface area contributed by atoms with E-state index in [1.165, 1.54) is 0 Å². The first-order valence-electron chi connectivity index (χ1n) is 4.56. The molecule has 0 aliphatic rings. The van der Waals surface area contributed by atoms with Gasteiger partial charge >= 0.3 is 0 Å². The second kappa shape index (κ2) is 4.28. The van der Waals surface area contributed by atoms with Crippen LogP contribution in [-0.4, -0.2) is 15.3 Å². The number of aryl methyl sites for hydroxylation is 1. The lowest BCUT2D eigenvalue weighted by molar-refractivity contribution is 0.102. The van der Waals surface area contributed by atoms with Gasteiger partial charge in [-0.05, 0) is 18.2 Å². The topological polar surface area (TPSA) is 34.9 Å². The molecule has 0 aliphatic heterocycles. The molecule has 82 valence electrons. The Kier molecular flexibility index (Phi) is 2.99. The van der Waals surface area contributed by atoms with E-state index in [9.17, 15) is 4.79 Å². The molecule has 1 aromatic carbocycles. The monoisotopic (exact) mass is 254 g/mol. The van der Waals surface area contributed by atoms with Gasteiger partial charge in [-0.1, -0.05) is 23.2 Å². The van der Waals surface area contributed by atoms with Crippen molar-refractivity contribution in [1.29, 1.82) is 0 Å². The van der Waals surface area contributed by atoms with Gasteiger partial charge in [-0.15, -0.1) is 0 Å². The van der Waals surface area contributed by atoms with Crippen molar-refractivity contribution in [1.82, 2.24) is 9.55 Å². The first kappa shape index (κ1) is 11.2. The van der Waals surface area contributed by atoms with E-state index in [0.29, 0.717) is 21.4 Å². The molecule has 0 unspecified atom stereocenters. The van der Waals surface area contributed by atoms with Crippen LogP contribution in [0.25, 0.3) is 0 Å². The van der Waals surface area contributed by atoms with E-state index in [4.69, 9.17) is 23.2 Å². The lowest BCUT2D eigenvalue weighted by atomic mass is 10.1. The highest BCUT2D eigenvalue weighted by Gasteiger charge is 2.14. The number of halogens is 2. The zero-order valence-corrected chi connectivity index (χ0v) is 9.96. The first-order valence-corrected chi connectivity index (χ1v) is 5.32. The van der Waals surface area contributed by atoms with Crippen LogP contribution in [0.3, 0.4) is 0 Å². The van der Waals surface area contributed by atoms with E-state index >= 15 is 0 Å². The fourth-order valence-corrected chi connectivity index (χ4v) is 1.65. The van der Waals surface area contributed by atoms with Crippen LogP contribution in [0.2, 0.25) is 10.0 Å². The van der Waals surface area contributed by atoms with Gasteiger partial charge in [-0.3, -0.25) is 4.79 Å². The highest BCUT2D eigenvalue weighted by atomic mass is 35.5. The molecule has 0 bridgehead atoms. The molecule has 2 aromatic rings. The molecule has 0 fully saturated rings. The SMILES string of the molecule is Cn1ccnc1C(=O)c1ccc(Cl)c(Cl)c1. The molecular formula is C11H8Cl2N2O. The minimum atomic E-state index is -0.175. The third-order valence-corrected chi connectivity index (χ3v) is 2.95. The van der Waals surface area contributed by atoms with Gasteiger partial charge in [0.2, 0.25) is 5.78 Å². The number of carbonyl (C=O) groups is 1. The molecule has 5 heteroatoms. The first-order chi connectivity index (χ1) is 7.59. The maximum absolute atomic E-state index is 12.0. The van der Waals surface area contributed by atoms with Gasteiger partial charge in [0.15, 0.2) is 5.82 Å². The number of ketones is 1. The Balaban J connectivity index is 2.42. The smallest absolute Gasteiger partial charge is 0.228 e. The number of hydrogen-bond donors (Lipinski definition) is 0. The van der Waals surface area contributed by atoms with Crippen molar-refractivity contribution in [3.05, 3.63) is 52.0 Å². The van der Waals surface area contributed by atoms with Crippen LogP contribution in [-0.2, 0) is 7.05 Å². The molecule has 0 aliphatic carbocycles. The lowest BCUT2D eigenvalue weighted by Gasteiger charge is -2.02. The van der Waals surface area contributed by atoms with Crippen molar-refractivity contribution >= 4 is 29.0 Å². The quantitative estimate of drug-likeness (QED) is 0.773. The highest BCUT2D eigenvalue weighted by molar-refractivity contribution is 6.42. The van der Waals surface area contributed by atoms with Crippen molar-refractivity contribution < 1.29 is 4.79 Å². The Morgan fingerprint density at radius 2 is 2.06 bits per heavy atom.